The van der Waals surface area contributed by atoms with E-state index >= 15 is 0 Å². The molecule has 1 fully saturated rings. The second-order valence-corrected chi connectivity index (χ2v) is 8.45. The first kappa shape index (κ1) is 17.1. The Morgan fingerprint density at radius 3 is 2.79 bits per heavy atom. The maximum absolute atomic E-state index is 12.9. The van der Waals surface area contributed by atoms with E-state index in [1.165, 1.54) is 15.6 Å². The summed E-state index contributed by atoms with van der Waals surface area (Å²) in [6.07, 6.45) is 4.20. The molecule has 3 rings (SSSR count). The molecule has 128 valence electrons. The third kappa shape index (κ3) is 3.82. The van der Waals surface area contributed by atoms with Crippen LogP contribution in [0.25, 0.3) is 0 Å². The van der Waals surface area contributed by atoms with Gasteiger partial charge in [-0.3, -0.25) is 4.79 Å². The molecule has 0 saturated carbocycles. The lowest BCUT2D eigenvalue weighted by molar-refractivity contribution is -0.117. The van der Waals surface area contributed by atoms with E-state index in [9.17, 15) is 13.2 Å². The van der Waals surface area contributed by atoms with Crippen molar-refractivity contribution in [3.8, 4) is 0 Å². The highest BCUT2D eigenvalue weighted by molar-refractivity contribution is 7.89. The van der Waals surface area contributed by atoms with Crippen LogP contribution in [-0.4, -0.2) is 36.2 Å². The largest absolute Gasteiger partial charge is 0.302 e. The molecule has 0 aliphatic carbocycles. The molecule has 1 N–H and O–H groups in total. The predicted molar refractivity (Wildman–Crippen MR) is 93.3 cm³/mol. The zero-order valence-corrected chi connectivity index (χ0v) is 14.7. The number of aromatic nitrogens is 1. The Bertz CT molecular complexity index is 776. The highest BCUT2D eigenvalue weighted by Gasteiger charge is 2.34. The van der Waals surface area contributed by atoms with Crippen molar-refractivity contribution in [3.05, 3.63) is 41.9 Å². The molecule has 1 aliphatic rings. The van der Waals surface area contributed by atoms with Crippen molar-refractivity contribution in [2.75, 3.05) is 11.9 Å². The van der Waals surface area contributed by atoms with Crippen LogP contribution in [0.5, 0.6) is 0 Å². The quantitative estimate of drug-likeness (QED) is 0.883. The van der Waals surface area contributed by atoms with Crippen LogP contribution in [0.15, 0.2) is 46.8 Å². The lowest BCUT2D eigenvalue weighted by Crippen LogP contribution is -2.45. The smallest absolute Gasteiger partial charge is 0.243 e. The molecule has 8 heteroatoms. The average Bonchev–Trinajstić information content (AvgIpc) is 3.09. The minimum Gasteiger partial charge on any atom is -0.302 e. The number of hydrogen-bond acceptors (Lipinski definition) is 5. The van der Waals surface area contributed by atoms with E-state index in [4.69, 9.17) is 0 Å². The molecule has 2 heterocycles. The van der Waals surface area contributed by atoms with Crippen molar-refractivity contribution in [1.29, 1.82) is 0 Å². The van der Waals surface area contributed by atoms with Crippen LogP contribution in [0.4, 0.5) is 5.13 Å². The lowest BCUT2D eigenvalue weighted by Gasteiger charge is -2.34. The first-order valence-electron chi connectivity index (χ1n) is 7.83. The zero-order chi connectivity index (χ0) is 17.0. The SMILES string of the molecule is O=C(C[C@H]1CCCCN1S(=O)(=O)c1ccccc1)Nc1nccs1. The molecular weight excluding hydrogens is 346 g/mol. The number of thiazole rings is 1. The number of benzene rings is 1. The number of piperidine rings is 1. The molecule has 1 aromatic carbocycles. The second kappa shape index (κ2) is 7.42. The molecular formula is C16H19N3O3S2. The van der Waals surface area contributed by atoms with Gasteiger partial charge in [-0.1, -0.05) is 24.6 Å². The third-order valence-electron chi connectivity index (χ3n) is 4.02. The zero-order valence-electron chi connectivity index (χ0n) is 13.1. The number of rotatable bonds is 5. The third-order valence-corrected chi connectivity index (χ3v) is 6.68. The number of nitrogens with zero attached hydrogens (tertiary/aromatic N) is 2. The molecule has 1 saturated heterocycles. The molecule has 24 heavy (non-hydrogen) atoms. The Balaban J connectivity index is 1.75. The monoisotopic (exact) mass is 365 g/mol. The molecule has 6 nitrogen and oxygen atoms in total. The Morgan fingerprint density at radius 1 is 1.29 bits per heavy atom. The summed E-state index contributed by atoms with van der Waals surface area (Å²) in [4.78, 5) is 16.5. The Labute approximate surface area is 145 Å². The Morgan fingerprint density at radius 2 is 2.08 bits per heavy atom. The van der Waals surface area contributed by atoms with Crippen LogP contribution >= 0.6 is 11.3 Å². The molecule has 1 amide bonds. The minimum atomic E-state index is -3.58. The van der Waals surface area contributed by atoms with Gasteiger partial charge in [0.05, 0.1) is 4.90 Å². The minimum absolute atomic E-state index is 0.144. The van der Waals surface area contributed by atoms with Gasteiger partial charge in [0.25, 0.3) is 0 Å². The van der Waals surface area contributed by atoms with Gasteiger partial charge in [-0.05, 0) is 25.0 Å². The Kier molecular flexibility index (Phi) is 5.27. The van der Waals surface area contributed by atoms with E-state index in [2.05, 4.69) is 10.3 Å². The number of carbonyl (C=O) groups is 1. The van der Waals surface area contributed by atoms with Crippen LogP contribution in [-0.2, 0) is 14.8 Å². The number of anilines is 1. The summed E-state index contributed by atoms with van der Waals surface area (Å²) >= 11 is 1.34. The Hall–Kier alpha value is -1.77. The van der Waals surface area contributed by atoms with E-state index in [1.807, 2.05) is 0 Å². The summed E-state index contributed by atoms with van der Waals surface area (Å²) in [6, 6.07) is 8.08. The summed E-state index contributed by atoms with van der Waals surface area (Å²) in [7, 11) is -3.58. The highest BCUT2D eigenvalue weighted by Crippen LogP contribution is 2.27. The summed E-state index contributed by atoms with van der Waals surface area (Å²) < 4.78 is 27.2. The van der Waals surface area contributed by atoms with E-state index < -0.39 is 10.0 Å². The van der Waals surface area contributed by atoms with E-state index in [0.29, 0.717) is 18.1 Å². The van der Waals surface area contributed by atoms with E-state index in [1.54, 1.807) is 41.9 Å². The van der Waals surface area contributed by atoms with Crippen molar-refractivity contribution < 1.29 is 13.2 Å². The van der Waals surface area contributed by atoms with Crippen LogP contribution in [0.2, 0.25) is 0 Å². The summed E-state index contributed by atoms with van der Waals surface area (Å²) in [5, 5.41) is 5.04. The van der Waals surface area contributed by atoms with Gasteiger partial charge in [0.1, 0.15) is 0 Å². The molecule has 1 aromatic heterocycles. The van der Waals surface area contributed by atoms with Gasteiger partial charge in [0, 0.05) is 30.6 Å². The molecule has 0 spiro atoms. The molecule has 0 unspecified atom stereocenters. The summed E-state index contributed by atoms with van der Waals surface area (Å²) in [6.45, 7) is 0.451. The van der Waals surface area contributed by atoms with Crippen molar-refractivity contribution in [2.45, 2.75) is 36.6 Å². The van der Waals surface area contributed by atoms with Crippen molar-refractivity contribution in [3.63, 3.8) is 0 Å². The van der Waals surface area contributed by atoms with Gasteiger partial charge >= 0.3 is 0 Å². The fourth-order valence-corrected chi connectivity index (χ4v) is 5.15. The molecule has 1 atom stereocenters. The van der Waals surface area contributed by atoms with Crippen LogP contribution in [0.1, 0.15) is 25.7 Å². The van der Waals surface area contributed by atoms with Gasteiger partial charge in [0.15, 0.2) is 5.13 Å². The number of sulfonamides is 1. The van der Waals surface area contributed by atoms with Crippen LogP contribution in [0, 0.1) is 0 Å². The standard InChI is InChI=1S/C16H19N3O3S2/c20-15(18-16-17-9-11-23-16)12-13-6-4-5-10-19(13)24(21,22)14-7-2-1-3-8-14/h1-3,7-9,11,13H,4-6,10,12H2,(H,17,18,20)/t13-/m1/s1. The topological polar surface area (TPSA) is 79.4 Å². The molecule has 1 aliphatic heterocycles. The number of carbonyl (C=O) groups excluding carboxylic acids is 1. The van der Waals surface area contributed by atoms with Crippen LogP contribution < -0.4 is 5.32 Å². The first-order valence-corrected chi connectivity index (χ1v) is 10.2. The van der Waals surface area contributed by atoms with Crippen LogP contribution in [0.3, 0.4) is 0 Å². The van der Waals surface area contributed by atoms with E-state index in [-0.39, 0.29) is 23.3 Å². The second-order valence-electron chi connectivity index (χ2n) is 5.67. The normalized spacial score (nSPS) is 19.1. The number of amides is 1. The fraction of sp³-hybridized carbons (Fsp3) is 0.375. The molecule has 2 aromatic rings. The predicted octanol–water partition coefficient (Wildman–Crippen LogP) is 2.72. The van der Waals surface area contributed by atoms with Gasteiger partial charge < -0.3 is 5.32 Å². The van der Waals surface area contributed by atoms with Crippen molar-refractivity contribution in [1.82, 2.24) is 9.29 Å². The maximum atomic E-state index is 12.9. The first-order chi connectivity index (χ1) is 11.6. The maximum Gasteiger partial charge on any atom is 0.243 e. The van der Waals surface area contributed by atoms with Gasteiger partial charge in [-0.15, -0.1) is 11.3 Å². The van der Waals surface area contributed by atoms with Gasteiger partial charge in [-0.25, -0.2) is 13.4 Å². The van der Waals surface area contributed by atoms with Gasteiger partial charge in [0.2, 0.25) is 15.9 Å². The fourth-order valence-electron chi connectivity index (χ4n) is 2.89. The molecule has 0 bridgehead atoms. The van der Waals surface area contributed by atoms with Gasteiger partial charge in [-0.2, -0.15) is 4.31 Å². The lowest BCUT2D eigenvalue weighted by atomic mass is 10.0. The van der Waals surface area contributed by atoms with Crippen molar-refractivity contribution in [2.24, 2.45) is 0 Å². The number of nitrogens with one attached hydrogen (secondary N) is 1. The summed E-state index contributed by atoms with van der Waals surface area (Å²) in [5.74, 6) is -0.204. The van der Waals surface area contributed by atoms with Crippen molar-refractivity contribution >= 4 is 32.4 Å². The summed E-state index contributed by atoms with van der Waals surface area (Å²) in [5.41, 5.74) is 0. The highest BCUT2D eigenvalue weighted by atomic mass is 32.2. The molecule has 0 radical (unpaired) electrons. The van der Waals surface area contributed by atoms with E-state index in [0.717, 1.165) is 12.8 Å². The average molecular weight is 365 g/mol. The number of hydrogen-bond donors (Lipinski definition) is 1.